The van der Waals surface area contributed by atoms with Crippen molar-refractivity contribution in [3.63, 3.8) is 0 Å². The average Bonchev–Trinajstić information content (AvgIpc) is 3.61. The van der Waals surface area contributed by atoms with Gasteiger partial charge in [-0.15, -0.1) is 0 Å². The Bertz CT molecular complexity index is 2910. The van der Waals surface area contributed by atoms with Gasteiger partial charge < -0.3 is 18.9 Å². The van der Waals surface area contributed by atoms with Crippen molar-refractivity contribution in [2.45, 2.75) is 179 Å². The van der Waals surface area contributed by atoms with Crippen molar-refractivity contribution >= 4 is 72.8 Å². The van der Waals surface area contributed by atoms with Gasteiger partial charge in [0.15, 0.2) is 18.7 Å². The summed E-state index contributed by atoms with van der Waals surface area (Å²) in [6.45, 7) is 8.04. The first-order chi connectivity index (χ1) is 35.4. The monoisotopic (exact) mass is 1270 g/mol. The molecule has 39 heteroatoms. The first kappa shape index (κ1) is 66.1. The number of rotatable bonds is 25. The van der Waals surface area contributed by atoms with Gasteiger partial charge >= 0.3 is 72.8 Å². The van der Waals surface area contributed by atoms with Crippen molar-refractivity contribution in [2.24, 2.45) is 52.3 Å². The zero-order chi connectivity index (χ0) is 58.6. The lowest BCUT2D eigenvalue weighted by molar-refractivity contribution is -0.364. The van der Waals surface area contributed by atoms with Crippen LogP contribution in [0.3, 0.4) is 0 Å². The van der Waals surface area contributed by atoms with Crippen LogP contribution in [-0.2, 0) is 121 Å². The summed E-state index contributed by atoms with van der Waals surface area (Å²) in [6.07, 6.45) is -19.9. The number of fused-ring (bicyclic) bond motifs is 5. The van der Waals surface area contributed by atoms with E-state index in [0.29, 0.717) is 42.4 Å². The van der Waals surface area contributed by atoms with Gasteiger partial charge in [-0.25, -0.2) is 29.3 Å². The number of hydrogen-bond donors (Lipinski definition) is 7. The summed E-state index contributed by atoms with van der Waals surface area (Å²) in [6, 6.07) is 0. The molecule has 458 valence electrons. The van der Waals surface area contributed by atoms with Gasteiger partial charge in [0, 0.05) is 0 Å². The van der Waals surface area contributed by atoms with Crippen LogP contribution in [0.5, 0.6) is 0 Å². The smallest absolute Gasteiger partial charge is 0.347 e. The Morgan fingerprint density at radius 3 is 1.38 bits per heavy atom. The molecule has 6 fully saturated rings. The molecule has 2 saturated heterocycles. The van der Waals surface area contributed by atoms with E-state index in [1.54, 1.807) is 0 Å². The second-order valence-electron chi connectivity index (χ2n) is 21.8. The fraction of sp³-hybridized carbons (Fsp3) is 1.00. The predicted octanol–water partition coefficient (Wildman–Crippen LogP) is 1.91. The molecule has 0 bridgehead atoms. The molecule has 0 radical (unpaired) electrons. The molecular weight excluding hydrogens is 1200 g/mol. The molecule has 2 aliphatic heterocycles. The van der Waals surface area contributed by atoms with Gasteiger partial charge in [0.2, 0.25) is 0 Å². The molecule has 4 saturated carbocycles. The van der Waals surface area contributed by atoms with Crippen molar-refractivity contribution in [1.29, 1.82) is 0 Å². The molecule has 78 heavy (non-hydrogen) atoms. The molecule has 0 aromatic rings. The van der Waals surface area contributed by atoms with E-state index in [2.05, 4.69) is 59.7 Å². The average molecular weight is 1270 g/mol. The van der Waals surface area contributed by atoms with E-state index in [9.17, 15) is 90.8 Å². The molecule has 4 aliphatic carbocycles. The Kier molecular flexibility index (Phi) is 20.7. The summed E-state index contributed by atoms with van der Waals surface area (Å²) in [7, 11) is -41.4. The van der Waals surface area contributed by atoms with Crippen molar-refractivity contribution in [3.05, 3.63) is 0 Å². The maximum Gasteiger partial charge on any atom is 0.397 e. The third-order valence-corrected chi connectivity index (χ3v) is 19.7. The van der Waals surface area contributed by atoms with E-state index >= 15 is 0 Å². The van der Waals surface area contributed by atoms with E-state index in [1.165, 1.54) is 0 Å². The van der Waals surface area contributed by atoms with Crippen LogP contribution in [0.25, 0.3) is 0 Å². The summed E-state index contributed by atoms with van der Waals surface area (Å²) < 4.78 is 293. The van der Waals surface area contributed by atoms with E-state index in [-0.39, 0.29) is 35.5 Å². The Labute approximate surface area is 454 Å². The van der Waals surface area contributed by atoms with E-state index in [4.69, 9.17) is 23.1 Å². The summed E-state index contributed by atoms with van der Waals surface area (Å²) in [5.41, 5.74) is -0.147. The zero-order valence-electron chi connectivity index (χ0n) is 42.5. The number of hydrogen-bond acceptors (Lipinski definition) is 25. The Morgan fingerprint density at radius 2 is 0.910 bits per heavy atom. The molecule has 6 rings (SSSR count). The van der Waals surface area contributed by atoms with Crippen LogP contribution in [0.2, 0.25) is 0 Å². The highest BCUT2D eigenvalue weighted by Crippen LogP contribution is 2.68. The van der Waals surface area contributed by atoms with Crippen molar-refractivity contribution in [2.75, 3.05) is 13.2 Å². The van der Waals surface area contributed by atoms with Gasteiger partial charge in [-0.2, -0.15) is 58.9 Å². The van der Waals surface area contributed by atoms with Crippen LogP contribution >= 0.6 is 0 Å². The molecular formula is C39H68O32S7. The van der Waals surface area contributed by atoms with Crippen molar-refractivity contribution < 1.29 is 139 Å². The fourth-order valence-corrected chi connectivity index (χ4v) is 16.8. The van der Waals surface area contributed by atoms with Crippen molar-refractivity contribution in [1.82, 2.24) is 0 Å². The van der Waals surface area contributed by atoms with Gasteiger partial charge in [0.1, 0.15) is 42.7 Å². The second-order valence-corrected chi connectivity index (χ2v) is 29.2. The lowest BCUT2D eigenvalue weighted by Crippen LogP contribution is -2.67. The first-order valence-corrected chi connectivity index (χ1v) is 34.1. The molecule has 0 amide bonds. The summed E-state index contributed by atoms with van der Waals surface area (Å²) in [5.74, 6) is 2.76. The van der Waals surface area contributed by atoms with Crippen LogP contribution in [0.1, 0.15) is 112 Å². The summed E-state index contributed by atoms with van der Waals surface area (Å²) in [4.78, 5) is 0. The molecule has 0 unspecified atom stereocenters. The summed E-state index contributed by atoms with van der Waals surface area (Å²) >= 11 is 0. The first-order valence-electron chi connectivity index (χ1n) is 24.6. The van der Waals surface area contributed by atoms with Gasteiger partial charge in [0.25, 0.3) is 0 Å². The Balaban J connectivity index is 1.40. The maximum atomic E-state index is 12.6. The third kappa shape index (κ3) is 17.7. The third-order valence-electron chi connectivity index (χ3n) is 16.5. The largest absolute Gasteiger partial charge is 0.397 e. The highest BCUT2D eigenvalue weighted by Gasteiger charge is 2.63. The lowest BCUT2D eigenvalue weighted by Gasteiger charge is -2.61. The quantitative estimate of drug-likeness (QED) is 0.0507. The molecule has 32 nitrogen and oxygen atoms in total. The van der Waals surface area contributed by atoms with Crippen LogP contribution in [0.15, 0.2) is 0 Å². The van der Waals surface area contributed by atoms with E-state index < -0.39 is 154 Å². The topological polar surface area (TPSA) is 482 Å². The highest BCUT2D eigenvalue weighted by atomic mass is 32.3. The van der Waals surface area contributed by atoms with Crippen LogP contribution in [0.4, 0.5) is 0 Å². The second kappa shape index (κ2) is 24.5. The number of ether oxygens (including phenoxy) is 4. The van der Waals surface area contributed by atoms with Gasteiger partial charge in [-0.1, -0.05) is 53.9 Å². The SMILES string of the molecule is CC(C)CCC[C@@H](C)[C@H]1CC[C@H]2[C@@H]3CC[C@H]4C[C@@H](O[C@H]5O[C@H](COS(=O)(=O)O)[C@@H](OS(=O)(=O)O)[C@H](OS(=O)(=O)O)[C@@H]5O[C@H]5O[C@H](COS(=O)(=O)O)[C@@H](OS(=O)(=O)O)[C@H](OS(=O)(=O)O)[C@@H]5OS(=O)(=O)O)CC[C@]4(C)[C@H]3CC[C@]12C. The lowest BCUT2D eigenvalue weighted by atomic mass is 9.44. The maximum absolute atomic E-state index is 12.6. The van der Waals surface area contributed by atoms with Gasteiger partial charge in [-0.05, 0) is 110 Å². The summed E-state index contributed by atoms with van der Waals surface area (Å²) in [5, 5.41) is 0. The van der Waals surface area contributed by atoms with Crippen LogP contribution < -0.4 is 0 Å². The molecule has 0 aromatic carbocycles. The minimum absolute atomic E-state index is 0.105. The fourth-order valence-electron chi connectivity index (χ4n) is 13.7. The van der Waals surface area contributed by atoms with E-state index in [1.807, 2.05) is 0 Å². The molecule has 0 aromatic heterocycles. The van der Waals surface area contributed by atoms with Crippen molar-refractivity contribution in [3.8, 4) is 0 Å². The molecule has 0 spiro atoms. The molecule has 19 atom stereocenters. The normalized spacial score (nSPS) is 38.8. The predicted molar refractivity (Wildman–Crippen MR) is 257 cm³/mol. The molecule has 2 heterocycles. The highest BCUT2D eigenvalue weighted by molar-refractivity contribution is 7.82. The molecule has 6 aliphatic rings. The minimum atomic E-state index is -6.11. The van der Waals surface area contributed by atoms with E-state index in [0.717, 1.165) is 51.4 Å². The minimum Gasteiger partial charge on any atom is -0.347 e. The standard InChI is InChI=1S/C39H68O32S7/c1-20(2)7-6-8-21(3)25-11-12-26-24-10-9-22-17-23(13-15-38(22,4)27(24)14-16-39(25,26)5)63-36-34(32(69-76(52,53)54)30(67-74(46,47)48)28(64-36)18-61-72(40,41)42)66-37-35(71-78(58,59)60)33(70-77(55,56)57)31(68-75(49,50)51)29(65-37)19-62-73(43,44)45/h20-37H,6-19H2,1-5H3,(H,40,41,42)(H,43,44,45)(H,46,47,48)(H,49,50,51)(H,52,53,54)(H,55,56,57)(H,58,59,60)/t21-,22+,23+,24+,25-,26+,27+,28-,29-,30-,31-,32+,33+,34+,35+,36+,37-,38+,39-/m1/s1. The zero-order valence-corrected chi connectivity index (χ0v) is 48.2. The Hall–Kier alpha value is -1.07. The van der Waals surface area contributed by atoms with Gasteiger partial charge in [0.05, 0.1) is 19.3 Å². The molecule has 7 N–H and O–H groups in total. The van der Waals surface area contributed by atoms with Crippen LogP contribution in [-0.4, -0.2) is 172 Å². The Morgan fingerprint density at radius 1 is 0.474 bits per heavy atom. The van der Waals surface area contributed by atoms with Crippen LogP contribution in [0, 0.1) is 52.3 Å². The van der Waals surface area contributed by atoms with Gasteiger partial charge in [-0.3, -0.25) is 31.9 Å².